The summed E-state index contributed by atoms with van der Waals surface area (Å²) < 4.78 is 0. The predicted molar refractivity (Wildman–Crippen MR) is 67.3 cm³/mol. The Bertz CT molecular complexity index is 150. The van der Waals surface area contributed by atoms with Crippen LogP contribution in [-0.4, -0.2) is 19.6 Å². The molecule has 0 aromatic rings. The zero-order valence-corrected chi connectivity index (χ0v) is 12.0. The normalized spacial score (nSPS) is 25.1. The molecule has 1 fully saturated rings. The Morgan fingerprint density at radius 1 is 1.06 bits per heavy atom. The van der Waals surface area contributed by atoms with E-state index in [1.807, 2.05) is 4.90 Å². The van der Waals surface area contributed by atoms with Gasteiger partial charge in [0.1, 0.15) is 0 Å². The fraction of sp³-hybridized carbons (Fsp3) is 1.00. The zero-order valence-electron chi connectivity index (χ0n) is 11.2. The van der Waals surface area contributed by atoms with E-state index in [1.165, 1.54) is 71.0 Å². The second kappa shape index (κ2) is 10.4. The van der Waals surface area contributed by atoms with Crippen molar-refractivity contribution in [2.45, 2.75) is 65.2 Å². The molecule has 1 aliphatic heterocycles. The first kappa shape index (κ1) is 16.2. The fourth-order valence-corrected chi connectivity index (χ4v) is 2.78. The Balaban J connectivity index is 0.00000225. The van der Waals surface area contributed by atoms with E-state index in [-0.39, 0.29) is 12.4 Å². The number of hydrogen-bond acceptors (Lipinski definition) is 0. The number of nitrogens with one attached hydrogen (secondary N) is 1. The summed E-state index contributed by atoms with van der Waals surface area (Å²) in [6.07, 6.45) is 11.6. The van der Waals surface area contributed by atoms with Crippen LogP contribution >= 0.6 is 0 Å². The van der Waals surface area contributed by atoms with Crippen LogP contribution in [0.25, 0.3) is 0 Å². The van der Waals surface area contributed by atoms with Crippen LogP contribution in [0.1, 0.15) is 65.2 Å². The molecule has 98 valence electrons. The van der Waals surface area contributed by atoms with Crippen molar-refractivity contribution in [3.05, 3.63) is 0 Å². The molecule has 1 nitrogen and oxygen atoms in total. The summed E-state index contributed by atoms with van der Waals surface area (Å²) in [5.41, 5.74) is 0. The lowest BCUT2D eigenvalue weighted by molar-refractivity contribution is -0.908. The van der Waals surface area contributed by atoms with E-state index in [4.69, 9.17) is 0 Å². The molecule has 0 aromatic heterocycles. The third kappa shape index (κ3) is 7.51. The summed E-state index contributed by atoms with van der Waals surface area (Å²) in [4.78, 5) is 1.88. The van der Waals surface area contributed by atoms with Gasteiger partial charge >= 0.3 is 0 Å². The molecule has 1 aliphatic rings. The molecule has 0 bridgehead atoms. The summed E-state index contributed by atoms with van der Waals surface area (Å²) in [5, 5.41) is 0. The lowest BCUT2D eigenvalue weighted by atomic mass is 10.00. The molecular formula is C14H30ClN. The van der Waals surface area contributed by atoms with Gasteiger partial charge in [-0.3, -0.25) is 0 Å². The van der Waals surface area contributed by atoms with Crippen LogP contribution in [0, 0.1) is 5.92 Å². The number of unbranched alkanes of at least 4 members (excludes halogenated alkanes) is 5. The van der Waals surface area contributed by atoms with Crippen molar-refractivity contribution >= 4 is 0 Å². The Morgan fingerprint density at radius 2 is 1.75 bits per heavy atom. The highest BCUT2D eigenvalue weighted by atomic mass is 35.5. The van der Waals surface area contributed by atoms with Crippen LogP contribution in [0.5, 0.6) is 0 Å². The van der Waals surface area contributed by atoms with Crippen LogP contribution in [0.3, 0.4) is 0 Å². The molecule has 1 heterocycles. The second-order valence-electron chi connectivity index (χ2n) is 5.47. The summed E-state index contributed by atoms with van der Waals surface area (Å²) in [5.74, 6) is 0.980. The monoisotopic (exact) mass is 247 g/mol. The first-order valence-electron chi connectivity index (χ1n) is 7.16. The number of halogens is 1. The molecule has 0 radical (unpaired) electrons. The van der Waals surface area contributed by atoms with Crippen molar-refractivity contribution in [1.82, 2.24) is 0 Å². The number of rotatable bonds is 7. The fourth-order valence-electron chi connectivity index (χ4n) is 2.78. The van der Waals surface area contributed by atoms with Gasteiger partial charge in [0.15, 0.2) is 0 Å². The maximum Gasteiger partial charge on any atom is 0.0796 e. The van der Waals surface area contributed by atoms with E-state index in [9.17, 15) is 0 Å². The highest BCUT2D eigenvalue weighted by molar-refractivity contribution is 4.55. The molecule has 0 spiro atoms. The minimum absolute atomic E-state index is 0. The van der Waals surface area contributed by atoms with Crippen molar-refractivity contribution in [3.8, 4) is 0 Å². The summed E-state index contributed by atoms with van der Waals surface area (Å²) in [7, 11) is 0. The van der Waals surface area contributed by atoms with Gasteiger partial charge in [-0.15, -0.1) is 0 Å². The van der Waals surface area contributed by atoms with Crippen molar-refractivity contribution in [2.24, 2.45) is 5.92 Å². The van der Waals surface area contributed by atoms with Gasteiger partial charge in [0, 0.05) is 5.92 Å². The van der Waals surface area contributed by atoms with E-state index in [2.05, 4.69) is 13.8 Å². The van der Waals surface area contributed by atoms with Gasteiger partial charge < -0.3 is 17.3 Å². The van der Waals surface area contributed by atoms with Crippen LogP contribution in [-0.2, 0) is 0 Å². The molecule has 2 heteroatoms. The topological polar surface area (TPSA) is 4.44 Å². The van der Waals surface area contributed by atoms with Gasteiger partial charge in [0.2, 0.25) is 0 Å². The van der Waals surface area contributed by atoms with Crippen molar-refractivity contribution in [1.29, 1.82) is 0 Å². The number of hydrogen-bond donors (Lipinski definition) is 1. The zero-order chi connectivity index (χ0) is 10.9. The van der Waals surface area contributed by atoms with Gasteiger partial charge in [0.25, 0.3) is 0 Å². The predicted octanol–water partition coefficient (Wildman–Crippen LogP) is -0.334. The van der Waals surface area contributed by atoms with Crippen LogP contribution in [0.15, 0.2) is 0 Å². The van der Waals surface area contributed by atoms with E-state index < -0.39 is 0 Å². The van der Waals surface area contributed by atoms with Crippen molar-refractivity contribution in [3.63, 3.8) is 0 Å². The Morgan fingerprint density at radius 3 is 2.44 bits per heavy atom. The smallest absolute Gasteiger partial charge is 0.0796 e. The van der Waals surface area contributed by atoms with Crippen molar-refractivity contribution in [2.75, 3.05) is 19.6 Å². The molecule has 0 aromatic carbocycles. The van der Waals surface area contributed by atoms with Crippen LogP contribution < -0.4 is 17.3 Å². The molecule has 1 saturated heterocycles. The minimum Gasteiger partial charge on any atom is -1.00 e. The molecule has 1 N–H and O–H groups in total. The van der Waals surface area contributed by atoms with E-state index in [0.29, 0.717) is 0 Å². The van der Waals surface area contributed by atoms with Gasteiger partial charge in [-0.05, 0) is 25.7 Å². The third-order valence-corrected chi connectivity index (χ3v) is 3.75. The molecule has 2 unspecified atom stereocenters. The number of quaternary nitrogens is 1. The van der Waals surface area contributed by atoms with Crippen LogP contribution in [0.2, 0.25) is 0 Å². The molecule has 0 saturated carbocycles. The Hall–Kier alpha value is 0.250. The summed E-state index contributed by atoms with van der Waals surface area (Å²) in [6, 6.07) is 0. The maximum atomic E-state index is 2.42. The quantitative estimate of drug-likeness (QED) is 0.588. The van der Waals surface area contributed by atoms with E-state index in [0.717, 1.165) is 5.92 Å². The summed E-state index contributed by atoms with van der Waals surface area (Å²) in [6.45, 7) is 9.03. The van der Waals surface area contributed by atoms with E-state index >= 15 is 0 Å². The van der Waals surface area contributed by atoms with Crippen LogP contribution in [0.4, 0.5) is 0 Å². The number of piperidine rings is 1. The van der Waals surface area contributed by atoms with E-state index in [1.54, 1.807) is 0 Å². The Kier molecular flexibility index (Phi) is 10.6. The maximum absolute atomic E-state index is 2.42. The SMILES string of the molecule is CCCCCCCC[NH+]1CCCC(C)C1.[Cl-]. The summed E-state index contributed by atoms with van der Waals surface area (Å²) >= 11 is 0. The molecule has 1 rings (SSSR count). The second-order valence-corrected chi connectivity index (χ2v) is 5.47. The van der Waals surface area contributed by atoms with Crippen molar-refractivity contribution < 1.29 is 17.3 Å². The minimum atomic E-state index is 0. The molecule has 2 atom stereocenters. The molecule has 16 heavy (non-hydrogen) atoms. The highest BCUT2D eigenvalue weighted by Gasteiger charge is 2.18. The largest absolute Gasteiger partial charge is 1.00 e. The molecule has 0 amide bonds. The average Bonchev–Trinajstić information content (AvgIpc) is 2.23. The average molecular weight is 248 g/mol. The first-order chi connectivity index (χ1) is 7.33. The standard InChI is InChI=1S/C14H29N.ClH/c1-3-4-5-6-7-8-11-15-12-9-10-14(2)13-15;/h14H,3-13H2,1-2H3;1H. The van der Waals surface area contributed by atoms with Gasteiger partial charge in [-0.25, -0.2) is 0 Å². The lowest BCUT2D eigenvalue weighted by Gasteiger charge is -2.27. The lowest BCUT2D eigenvalue weighted by Crippen LogP contribution is -3.13. The van der Waals surface area contributed by atoms with Gasteiger partial charge in [0.05, 0.1) is 19.6 Å². The Labute approximate surface area is 108 Å². The third-order valence-electron chi connectivity index (χ3n) is 3.75. The first-order valence-corrected chi connectivity index (χ1v) is 7.16. The van der Waals surface area contributed by atoms with Gasteiger partial charge in [-0.2, -0.15) is 0 Å². The number of likely N-dealkylation sites (tertiary alicyclic amines) is 1. The molecular weight excluding hydrogens is 218 g/mol. The molecule has 0 aliphatic carbocycles. The highest BCUT2D eigenvalue weighted by Crippen LogP contribution is 2.06. The van der Waals surface area contributed by atoms with Gasteiger partial charge in [-0.1, -0.05) is 39.5 Å².